The molecule has 0 spiro atoms. The molecule has 1 aromatic carbocycles. The second-order valence-corrected chi connectivity index (χ2v) is 4.22. The molecule has 0 fully saturated rings. The van der Waals surface area contributed by atoms with Crippen molar-refractivity contribution < 1.29 is 19.7 Å². The Kier molecular flexibility index (Phi) is 6.15. The summed E-state index contributed by atoms with van der Waals surface area (Å²) in [6, 6.07) is 6.80. The molecule has 0 aliphatic carbocycles. The highest BCUT2D eigenvalue weighted by molar-refractivity contribution is 5.70. The Morgan fingerprint density at radius 3 is 2.74 bits per heavy atom. The summed E-state index contributed by atoms with van der Waals surface area (Å²) in [5.74, 6) is -0.224. The molecular weight excluding hydrogens is 246 g/mol. The van der Waals surface area contributed by atoms with E-state index in [9.17, 15) is 15.0 Å². The van der Waals surface area contributed by atoms with Gasteiger partial charge in [0.05, 0.1) is 19.1 Å². The minimum Gasteiger partial charge on any atom is -0.508 e. The van der Waals surface area contributed by atoms with E-state index in [1.165, 1.54) is 0 Å². The molecule has 2 N–H and O–H groups in total. The summed E-state index contributed by atoms with van der Waals surface area (Å²) in [4.78, 5) is 13.2. The number of likely N-dealkylation sites (N-methyl/N-ethyl adjacent to an activating group) is 1. The van der Waals surface area contributed by atoms with Crippen molar-refractivity contribution in [1.82, 2.24) is 0 Å². The number of esters is 1. The predicted molar refractivity (Wildman–Crippen MR) is 73.3 cm³/mol. The molecule has 19 heavy (non-hydrogen) atoms. The quantitative estimate of drug-likeness (QED) is 0.733. The van der Waals surface area contributed by atoms with E-state index in [0.717, 1.165) is 5.69 Å². The minimum atomic E-state index is -0.790. The average molecular weight is 267 g/mol. The van der Waals surface area contributed by atoms with Gasteiger partial charge in [0.1, 0.15) is 5.75 Å². The van der Waals surface area contributed by atoms with E-state index in [1.54, 1.807) is 25.1 Å². The molecule has 1 rings (SSSR count). The molecule has 0 amide bonds. The van der Waals surface area contributed by atoms with Crippen molar-refractivity contribution in [2.24, 2.45) is 0 Å². The molecule has 0 radical (unpaired) electrons. The van der Waals surface area contributed by atoms with E-state index in [0.29, 0.717) is 19.7 Å². The molecule has 5 nitrogen and oxygen atoms in total. The van der Waals surface area contributed by atoms with Gasteiger partial charge in [-0.05, 0) is 26.0 Å². The van der Waals surface area contributed by atoms with Crippen LogP contribution in [0.15, 0.2) is 24.3 Å². The topological polar surface area (TPSA) is 70.0 Å². The number of carbonyl (C=O) groups is 1. The number of hydrogen-bond acceptors (Lipinski definition) is 5. The first-order chi connectivity index (χ1) is 9.06. The number of nitrogens with zero attached hydrogens (tertiary/aromatic N) is 1. The highest BCUT2D eigenvalue weighted by Gasteiger charge is 2.15. The third kappa shape index (κ3) is 5.18. The second kappa shape index (κ2) is 7.63. The summed E-state index contributed by atoms with van der Waals surface area (Å²) in [5.41, 5.74) is 0.811. The van der Waals surface area contributed by atoms with Crippen LogP contribution in [-0.4, -0.2) is 42.0 Å². The number of anilines is 1. The number of phenolic OH excluding ortho intramolecular Hbond substituents is 1. The van der Waals surface area contributed by atoms with Crippen LogP contribution >= 0.6 is 0 Å². The molecule has 0 aromatic heterocycles. The smallest absolute Gasteiger partial charge is 0.308 e. The van der Waals surface area contributed by atoms with Crippen LogP contribution < -0.4 is 4.90 Å². The monoisotopic (exact) mass is 267 g/mol. The number of aliphatic hydroxyl groups excluding tert-OH is 1. The Bertz CT molecular complexity index is 408. The van der Waals surface area contributed by atoms with Crippen LogP contribution in [0.1, 0.15) is 20.3 Å². The van der Waals surface area contributed by atoms with Crippen LogP contribution in [0.25, 0.3) is 0 Å². The van der Waals surface area contributed by atoms with Gasteiger partial charge >= 0.3 is 5.97 Å². The Morgan fingerprint density at radius 1 is 1.42 bits per heavy atom. The molecule has 0 aliphatic rings. The molecule has 1 unspecified atom stereocenters. The van der Waals surface area contributed by atoms with Gasteiger partial charge < -0.3 is 19.8 Å². The Morgan fingerprint density at radius 2 is 2.16 bits per heavy atom. The third-order valence-corrected chi connectivity index (χ3v) is 2.72. The first kappa shape index (κ1) is 15.3. The first-order valence-electron chi connectivity index (χ1n) is 6.44. The van der Waals surface area contributed by atoms with Crippen molar-refractivity contribution in [2.75, 3.05) is 24.6 Å². The fourth-order valence-electron chi connectivity index (χ4n) is 1.84. The number of aliphatic hydroxyl groups is 1. The highest BCUT2D eigenvalue weighted by Crippen LogP contribution is 2.20. The Hall–Kier alpha value is -1.75. The van der Waals surface area contributed by atoms with Crippen LogP contribution in [0.4, 0.5) is 5.69 Å². The molecule has 0 saturated heterocycles. The molecule has 1 aromatic rings. The zero-order valence-electron chi connectivity index (χ0n) is 11.4. The number of aromatic hydroxyl groups is 1. The van der Waals surface area contributed by atoms with Gasteiger partial charge in [0, 0.05) is 24.8 Å². The van der Waals surface area contributed by atoms with Crippen molar-refractivity contribution in [2.45, 2.75) is 26.4 Å². The van der Waals surface area contributed by atoms with Crippen LogP contribution in [0.5, 0.6) is 5.75 Å². The Labute approximate surface area is 113 Å². The maximum atomic E-state index is 11.3. The van der Waals surface area contributed by atoms with Crippen LogP contribution in [-0.2, 0) is 9.53 Å². The summed E-state index contributed by atoms with van der Waals surface area (Å²) >= 11 is 0. The predicted octanol–water partition coefficient (Wildman–Crippen LogP) is 1.53. The number of rotatable bonds is 7. The molecule has 5 heteroatoms. The summed E-state index contributed by atoms with van der Waals surface area (Å²) in [6.45, 7) is 4.98. The number of ether oxygens (including phenoxy) is 1. The molecular formula is C14H21NO4. The van der Waals surface area contributed by atoms with Crippen molar-refractivity contribution in [3.63, 3.8) is 0 Å². The van der Waals surface area contributed by atoms with Gasteiger partial charge in [-0.2, -0.15) is 0 Å². The SMILES string of the molecule is CCOC(=O)CC(O)CN(CC)c1cccc(O)c1. The van der Waals surface area contributed by atoms with E-state index < -0.39 is 12.1 Å². The van der Waals surface area contributed by atoms with Crippen LogP contribution in [0, 0.1) is 0 Å². The molecule has 106 valence electrons. The summed E-state index contributed by atoms with van der Waals surface area (Å²) in [5, 5.41) is 19.3. The van der Waals surface area contributed by atoms with Crippen molar-refractivity contribution in [1.29, 1.82) is 0 Å². The van der Waals surface area contributed by atoms with Crippen LogP contribution in [0.3, 0.4) is 0 Å². The van der Waals surface area contributed by atoms with Gasteiger partial charge in [-0.1, -0.05) is 6.07 Å². The second-order valence-electron chi connectivity index (χ2n) is 4.22. The number of carbonyl (C=O) groups excluding carboxylic acids is 1. The number of benzene rings is 1. The van der Waals surface area contributed by atoms with Gasteiger partial charge in [-0.15, -0.1) is 0 Å². The maximum Gasteiger partial charge on any atom is 0.308 e. The normalized spacial score (nSPS) is 11.9. The largest absolute Gasteiger partial charge is 0.508 e. The zero-order chi connectivity index (χ0) is 14.3. The first-order valence-corrected chi connectivity index (χ1v) is 6.44. The average Bonchev–Trinajstić information content (AvgIpc) is 2.36. The van der Waals surface area contributed by atoms with Gasteiger partial charge in [0.25, 0.3) is 0 Å². The molecule has 0 bridgehead atoms. The van der Waals surface area contributed by atoms with Gasteiger partial charge in [0.2, 0.25) is 0 Å². The fraction of sp³-hybridized carbons (Fsp3) is 0.500. The molecule has 1 atom stereocenters. The lowest BCUT2D eigenvalue weighted by Crippen LogP contribution is -2.33. The number of hydrogen-bond donors (Lipinski definition) is 2. The van der Waals surface area contributed by atoms with Gasteiger partial charge in [-0.3, -0.25) is 4.79 Å². The molecule has 0 aliphatic heterocycles. The van der Waals surface area contributed by atoms with E-state index >= 15 is 0 Å². The van der Waals surface area contributed by atoms with Crippen molar-refractivity contribution in [3.8, 4) is 5.75 Å². The standard InChI is InChI=1S/C14H21NO4/c1-3-15(11-6-5-7-12(16)8-11)10-13(17)9-14(18)19-4-2/h5-8,13,16-17H,3-4,9-10H2,1-2H3. The van der Waals surface area contributed by atoms with E-state index in [-0.39, 0.29) is 12.2 Å². The maximum absolute atomic E-state index is 11.3. The van der Waals surface area contributed by atoms with E-state index in [4.69, 9.17) is 4.74 Å². The molecule has 0 saturated carbocycles. The lowest BCUT2D eigenvalue weighted by molar-refractivity contribution is -0.145. The number of phenols is 1. The third-order valence-electron chi connectivity index (χ3n) is 2.72. The highest BCUT2D eigenvalue weighted by atomic mass is 16.5. The van der Waals surface area contributed by atoms with Crippen molar-refractivity contribution >= 4 is 11.7 Å². The van der Waals surface area contributed by atoms with Gasteiger partial charge in [-0.25, -0.2) is 0 Å². The van der Waals surface area contributed by atoms with Crippen LogP contribution in [0.2, 0.25) is 0 Å². The van der Waals surface area contributed by atoms with E-state index in [1.807, 2.05) is 17.9 Å². The lowest BCUT2D eigenvalue weighted by atomic mass is 10.2. The van der Waals surface area contributed by atoms with Gasteiger partial charge in [0.15, 0.2) is 0 Å². The Balaban J connectivity index is 2.59. The summed E-state index contributed by atoms with van der Waals surface area (Å²) < 4.78 is 4.80. The van der Waals surface area contributed by atoms with E-state index in [2.05, 4.69) is 0 Å². The zero-order valence-corrected chi connectivity index (χ0v) is 11.4. The summed E-state index contributed by atoms with van der Waals surface area (Å²) in [7, 11) is 0. The molecule has 0 heterocycles. The minimum absolute atomic E-state index is 0.0246. The summed E-state index contributed by atoms with van der Waals surface area (Å²) in [6.07, 6.45) is -0.815. The lowest BCUT2D eigenvalue weighted by Gasteiger charge is -2.25. The van der Waals surface area contributed by atoms with Crippen molar-refractivity contribution in [3.05, 3.63) is 24.3 Å². The fourth-order valence-corrected chi connectivity index (χ4v) is 1.84.